The van der Waals surface area contributed by atoms with Crippen LogP contribution in [0.1, 0.15) is 18.4 Å². The van der Waals surface area contributed by atoms with Gasteiger partial charge >= 0.3 is 5.97 Å². The first-order valence-corrected chi connectivity index (χ1v) is 6.91. The van der Waals surface area contributed by atoms with E-state index in [9.17, 15) is 14.4 Å². The van der Waals surface area contributed by atoms with Crippen LogP contribution in [0.4, 0.5) is 0 Å². The van der Waals surface area contributed by atoms with Crippen molar-refractivity contribution in [3.8, 4) is 5.75 Å². The van der Waals surface area contributed by atoms with E-state index in [0.717, 1.165) is 5.56 Å². The highest BCUT2D eigenvalue weighted by atomic mass is 16.5. The minimum atomic E-state index is -0.910. The van der Waals surface area contributed by atoms with Gasteiger partial charge in [-0.2, -0.15) is 0 Å². The smallest absolute Gasteiger partial charge is 0.303 e. The van der Waals surface area contributed by atoms with Crippen LogP contribution in [0.15, 0.2) is 29.8 Å². The third-order valence-corrected chi connectivity index (χ3v) is 3.41. The maximum absolute atomic E-state index is 11.9. The number of ether oxygens (including phenoxy) is 1. The van der Waals surface area contributed by atoms with Crippen molar-refractivity contribution in [1.82, 2.24) is 4.90 Å². The summed E-state index contributed by atoms with van der Waals surface area (Å²) in [5, 5.41) is 8.60. The second kappa shape index (κ2) is 6.89. The van der Waals surface area contributed by atoms with Gasteiger partial charge in [-0.1, -0.05) is 12.1 Å². The van der Waals surface area contributed by atoms with E-state index in [0.29, 0.717) is 17.7 Å². The number of amides is 1. The molecule has 0 atom stereocenters. The number of carboxylic acids is 1. The molecular formula is C16H17NO5. The van der Waals surface area contributed by atoms with Crippen molar-refractivity contribution in [2.45, 2.75) is 12.8 Å². The van der Waals surface area contributed by atoms with Crippen molar-refractivity contribution in [2.75, 3.05) is 20.2 Å². The van der Waals surface area contributed by atoms with Crippen LogP contribution in [0.25, 0.3) is 6.08 Å². The summed E-state index contributed by atoms with van der Waals surface area (Å²) in [6, 6.07) is 7.16. The van der Waals surface area contributed by atoms with Gasteiger partial charge < -0.3 is 14.7 Å². The summed E-state index contributed by atoms with van der Waals surface area (Å²) < 4.78 is 5.06. The van der Waals surface area contributed by atoms with Crippen molar-refractivity contribution in [2.24, 2.45) is 0 Å². The quantitative estimate of drug-likeness (QED) is 0.633. The third-order valence-electron chi connectivity index (χ3n) is 3.41. The molecule has 0 saturated carbocycles. The summed E-state index contributed by atoms with van der Waals surface area (Å²) in [5.41, 5.74) is 1.23. The molecule has 0 aliphatic carbocycles. The molecule has 0 unspecified atom stereocenters. The van der Waals surface area contributed by atoms with Gasteiger partial charge in [0, 0.05) is 18.5 Å². The van der Waals surface area contributed by atoms with Crippen LogP contribution in [-0.2, 0) is 14.4 Å². The number of methoxy groups -OCH3 is 1. The lowest BCUT2D eigenvalue weighted by atomic mass is 10.1. The van der Waals surface area contributed by atoms with Crippen molar-refractivity contribution in [1.29, 1.82) is 0 Å². The number of likely N-dealkylation sites (tertiary alicyclic amines) is 1. The molecule has 0 radical (unpaired) electrons. The maximum Gasteiger partial charge on any atom is 0.303 e. The van der Waals surface area contributed by atoms with Crippen molar-refractivity contribution >= 4 is 23.7 Å². The van der Waals surface area contributed by atoms with E-state index in [4.69, 9.17) is 9.84 Å². The average Bonchev–Trinajstić information content (AvgIpc) is 2.76. The number of hydrogen-bond acceptors (Lipinski definition) is 4. The molecule has 1 aromatic carbocycles. The van der Waals surface area contributed by atoms with Crippen LogP contribution in [0.2, 0.25) is 0 Å². The molecule has 1 heterocycles. The van der Waals surface area contributed by atoms with E-state index in [2.05, 4.69) is 0 Å². The average molecular weight is 303 g/mol. The number of hydrogen-bond donors (Lipinski definition) is 1. The molecule has 6 nitrogen and oxygen atoms in total. The molecule has 1 aliphatic rings. The predicted octanol–water partition coefficient (Wildman–Crippen LogP) is 1.35. The summed E-state index contributed by atoms with van der Waals surface area (Å²) in [4.78, 5) is 35.7. The number of benzene rings is 1. The number of carboxylic acid groups (broad SMARTS) is 1. The molecule has 1 amide bonds. The van der Waals surface area contributed by atoms with Crippen LogP contribution in [0, 0.1) is 0 Å². The Morgan fingerprint density at radius 2 is 2.00 bits per heavy atom. The molecular weight excluding hydrogens is 286 g/mol. The van der Waals surface area contributed by atoms with E-state index in [1.54, 1.807) is 37.5 Å². The Morgan fingerprint density at radius 1 is 1.32 bits per heavy atom. The first kappa shape index (κ1) is 15.8. The number of aliphatic carboxylic acids is 1. The molecule has 1 aliphatic heterocycles. The number of carbonyl (C=O) groups excluding carboxylic acids is 2. The SMILES string of the molecule is COc1ccc(/C=C2\CN(CCCC(=O)O)C(=O)C2=O)cc1. The Kier molecular flexibility index (Phi) is 4.93. The van der Waals surface area contributed by atoms with Crippen LogP contribution in [-0.4, -0.2) is 47.9 Å². The fourth-order valence-corrected chi connectivity index (χ4v) is 2.24. The molecule has 0 spiro atoms. The lowest BCUT2D eigenvalue weighted by molar-refractivity contribution is -0.140. The van der Waals surface area contributed by atoms with Gasteiger partial charge in [-0.05, 0) is 30.2 Å². The van der Waals surface area contributed by atoms with E-state index >= 15 is 0 Å². The summed E-state index contributed by atoms with van der Waals surface area (Å²) in [7, 11) is 1.57. The summed E-state index contributed by atoms with van der Waals surface area (Å²) in [6.45, 7) is 0.500. The largest absolute Gasteiger partial charge is 0.497 e. The Balaban J connectivity index is 2.05. The first-order chi connectivity index (χ1) is 10.5. The molecule has 1 saturated heterocycles. The standard InChI is InChI=1S/C16H17NO5/c1-22-13-6-4-11(5-7-13)9-12-10-17(16(21)15(12)20)8-2-3-14(18)19/h4-7,9H,2-3,8,10H2,1H3,(H,18,19)/b12-9+. The normalized spacial score (nSPS) is 16.4. The Hall–Kier alpha value is -2.63. The molecule has 2 rings (SSSR count). The Bertz CT molecular complexity index is 618. The van der Waals surface area contributed by atoms with Gasteiger partial charge in [0.25, 0.3) is 5.91 Å². The lowest BCUT2D eigenvalue weighted by Crippen LogP contribution is -2.28. The second-order valence-electron chi connectivity index (χ2n) is 5.00. The molecule has 116 valence electrons. The Morgan fingerprint density at radius 3 is 2.59 bits per heavy atom. The van der Waals surface area contributed by atoms with Crippen molar-refractivity contribution in [3.05, 3.63) is 35.4 Å². The fourth-order valence-electron chi connectivity index (χ4n) is 2.24. The summed E-state index contributed by atoms with van der Waals surface area (Å²) in [5.74, 6) is -1.28. The first-order valence-electron chi connectivity index (χ1n) is 6.91. The topological polar surface area (TPSA) is 83.9 Å². The minimum Gasteiger partial charge on any atom is -0.497 e. The molecule has 1 aromatic rings. The minimum absolute atomic E-state index is 0.0184. The van der Waals surface area contributed by atoms with Crippen LogP contribution in [0.5, 0.6) is 5.75 Å². The number of ketones is 1. The zero-order chi connectivity index (χ0) is 16.1. The maximum atomic E-state index is 11.9. The monoisotopic (exact) mass is 303 g/mol. The van der Waals surface area contributed by atoms with Crippen LogP contribution < -0.4 is 4.74 Å². The zero-order valence-electron chi connectivity index (χ0n) is 12.2. The van der Waals surface area contributed by atoms with E-state index < -0.39 is 17.7 Å². The lowest BCUT2D eigenvalue weighted by Gasteiger charge is -2.12. The summed E-state index contributed by atoms with van der Waals surface area (Å²) >= 11 is 0. The van der Waals surface area contributed by atoms with E-state index in [-0.39, 0.29) is 19.5 Å². The molecule has 22 heavy (non-hydrogen) atoms. The molecule has 1 fully saturated rings. The van der Waals surface area contributed by atoms with Gasteiger partial charge in [0.1, 0.15) is 5.75 Å². The van der Waals surface area contributed by atoms with Crippen LogP contribution >= 0.6 is 0 Å². The van der Waals surface area contributed by atoms with Crippen LogP contribution in [0.3, 0.4) is 0 Å². The molecule has 0 bridgehead atoms. The number of rotatable bonds is 6. The highest BCUT2D eigenvalue weighted by molar-refractivity contribution is 6.45. The number of Topliss-reactive ketones (excluding diaryl/α,β-unsaturated/α-hetero) is 1. The predicted molar refractivity (Wildman–Crippen MR) is 79.4 cm³/mol. The molecule has 6 heteroatoms. The van der Waals surface area contributed by atoms with Gasteiger partial charge in [0.05, 0.1) is 13.7 Å². The number of nitrogens with zero attached hydrogens (tertiary/aromatic N) is 1. The van der Waals surface area contributed by atoms with E-state index in [1.165, 1.54) is 4.90 Å². The third kappa shape index (κ3) is 3.72. The van der Waals surface area contributed by atoms with Crippen molar-refractivity contribution < 1.29 is 24.2 Å². The van der Waals surface area contributed by atoms with Gasteiger partial charge in [-0.3, -0.25) is 14.4 Å². The highest BCUT2D eigenvalue weighted by Crippen LogP contribution is 2.19. The molecule has 0 aromatic heterocycles. The second-order valence-corrected chi connectivity index (χ2v) is 5.00. The van der Waals surface area contributed by atoms with Gasteiger partial charge in [-0.15, -0.1) is 0 Å². The molecule has 1 N–H and O–H groups in total. The van der Waals surface area contributed by atoms with Gasteiger partial charge in [0.15, 0.2) is 0 Å². The summed E-state index contributed by atoms with van der Waals surface area (Å²) in [6.07, 6.45) is 2.00. The zero-order valence-corrected chi connectivity index (χ0v) is 12.2. The highest BCUT2D eigenvalue weighted by Gasteiger charge is 2.33. The van der Waals surface area contributed by atoms with Gasteiger partial charge in [-0.25, -0.2) is 0 Å². The fraction of sp³-hybridized carbons (Fsp3) is 0.312. The van der Waals surface area contributed by atoms with Gasteiger partial charge in [0.2, 0.25) is 5.78 Å². The van der Waals surface area contributed by atoms with Crippen molar-refractivity contribution in [3.63, 3.8) is 0 Å². The Labute approximate surface area is 128 Å². The van der Waals surface area contributed by atoms with E-state index in [1.807, 2.05) is 0 Å². The number of carbonyl (C=O) groups is 3.